The maximum absolute atomic E-state index is 5.18. The van der Waals surface area contributed by atoms with Gasteiger partial charge in [0, 0.05) is 64.1 Å². The van der Waals surface area contributed by atoms with E-state index in [-0.39, 0.29) is 0 Å². The van der Waals surface area contributed by atoms with Crippen LogP contribution in [0.3, 0.4) is 0 Å². The van der Waals surface area contributed by atoms with E-state index < -0.39 is 0 Å². The fraction of sp³-hybridized carbons (Fsp3) is 0.467. The number of nitrogens with one attached hydrogen (secondary N) is 1. The number of methoxy groups -OCH3 is 1. The molecule has 0 spiro atoms. The Bertz CT molecular complexity index is 602. The minimum absolute atomic E-state index is 0.526. The zero-order chi connectivity index (χ0) is 15.9. The highest BCUT2D eigenvalue weighted by atomic mass is 16.5. The summed E-state index contributed by atoms with van der Waals surface area (Å²) in [6.07, 6.45) is 6.85. The van der Waals surface area contributed by atoms with Crippen LogP contribution in [0.15, 0.2) is 30.9 Å². The molecule has 8 nitrogen and oxygen atoms in total. The molecule has 0 bridgehead atoms. The third kappa shape index (κ3) is 4.04. The lowest BCUT2D eigenvalue weighted by Gasteiger charge is -2.34. The van der Waals surface area contributed by atoms with Gasteiger partial charge >= 0.3 is 0 Å². The molecule has 0 aliphatic carbocycles. The van der Waals surface area contributed by atoms with E-state index in [4.69, 9.17) is 4.74 Å². The van der Waals surface area contributed by atoms with Crippen LogP contribution in [0.4, 0.5) is 11.8 Å². The molecule has 0 aromatic carbocycles. The van der Waals surface area contributed by atoms with Crippen LogP contribution in [0.1, 0.15) is 0 Å². The third-order valence-electron chi connectivity index (χ3n) is 3.79. The summed E-state index contributed by atoms with van der Waals surface area (Å²) in [5.41, 5.74) is 0. The Hall–Kier alpha value is -2.48. The standard InChI is InChI=1S/C15H21N7O/c1-23-14-13(16-5-6-18-14)17-7-8-21-9-11-22(12-10-21)15-19-3-2-4-20-15/h2-6H,7-12H2,1H3,(H,16,17). The molecule has 1 saturated heterocycles. The lowest BCUT2D eigenvalue weighted by molar-refractivity contribution is 0.266. The largest absolute Gasteiger partial charge is 0.478 e. The maximum Gasteiger partial charge on any atom is 0.257 e. The molecule has 0 amide bonds. The molecule has 1 aliphatic heterocycles. The summed E-state index contributed by atoms with van der Waals surface area (Å²) in [5.74, 6) is 2.03. The van der Waals surface area contributed by atoms with Crippen LogP contribution < -0.4 is 15.0 Å². The normalized spacial score (nSPS) is 15.4. The van der Waals surface area contributed by atoms with Crippen LogP contribution in [-0.2, 0) is 0 Å². The van der Waals surface area contributed by atoms with E-state index in [2.05, 4.69) is 35.1 Å². The highest BCUT2D eigenvalue weighted by Gasteiger charge is 2.18. The van der Waals surface area contributed by atoms with Crippen molar-refractivity contribution in [2.75, 3.05) is 56.6 Å². The predicted octanol–water partition coefficient (Wildman–Crippen LogP) is 0.509. The van der Waals surface area contributed by atoms with Crippen molar-refractivity contribution in [2.45, 2.75) is 0 Å². The van der Waals surface area contributed by atoms with Gasteiger partial charge < -0.3 is 15.0 Å². The lowest BCUT2D eigenvalue weighted by atomic mass is 10.3. The first-order valence-electron chi connectivity index (χ1n) is 7.70. The third-order valence-corrected chi connectivity index (χ3v) is 3.79. The number of rotatable bonds is 6. The molecule has 2 aromatic rings. The van der Waals surface area contributed by atoms with Gasteiger partial charge in [-0.1, -0.05) is 0 Å². The smallest absolute Gasteiger partial charge is 0.257 e. The van der Waals surface area contributed by atoms with Gasteiger partial charge in [-0.15, -0.1) is 0 Å². The maximum atomic E-state index is 5.18. The number of anilines is 2. The van der Waals surface area contributed by atoms with Crippen molar-refractivity contribution in [1.82, 2.24) is 24.8 Å². The van der Waals surface area contributed by atoms with Crippen molar-refractivity contribution < 1.29 is 4.74 Å². The molecular formula is C15H21N7O. The molecule has 0 radical (unpaired) electrons. The Morgan fingerprint density at radius 2 is 1.74 bits per heavy atom. The predicted molar refractivity (Wildman–Crippen MR) is 87.8 cm³/mol. The SMILES string of the molecule is COc1nccnc1NCCN1CCN(c2ncccn2)CC1. The van der Waals surface area contributed by atoms with Crippen LogP contribution >= 0.6 is 0 Å². The van der Waals surface area contributed by atoms with Gasteiger partial charge in [-0.2, -0.15) is 0 Å². The number of hydrogen-bond donors (Lipinski definition) is 1. The Morgan fingerprint density at radius 1 is 1.00 bits per heavy atom. The summed E-state index contributed by atoms with van der Waals surface area (Å²) in [6.45, 7) is 5.63. The fourth-order valence-corrected chi connectivity index (χ4v) is 2.55. The van der Waals surface area contributed by atoms with Crippen LogP contribution in [-0.4, -0.2) is 71.2 Å². The molecule has 1 N–H and O–H groups in total. The fourth-order valence-electron chi connectivity index (χ4n) is 2.55. The van der Waals surface area contributed by atoms with E-state index in [1.54, 1.807) is 31.9 Å². The minimum Gasteiger partial charge on any atom is -0.478 e. The molecule has 1 aliphatic rings. The minimum atomic E-state index is 0.526. The summed E-state index contributed by atoms with van der Waals surface area (Å²) in [6, 6.07) is 1.84. The van der Waals surface area contributed by atoms with E-state index in [1.807, 2.05) is 6.07 Å². The molecule has 0 unspecified atom stereocenters. The second-order valence-corrected chi connectivity index (χ2v) is 5.22. The zero-order valence-electron chi connectivity index (χ0n) is 13.2. The number of ether oxygens (including phenoxy) is 1. The average molecular weight is 315 g/mol. The second-order valence-electron chi connectivity index (χ2n) is 5.22. The Labute approximate surface area is 135 Å². The summed E-state index contributed by atoms with van der Waals surface area (Å²) in [7, 11) is 1.60. The quantitative estimate of drug-likeness (QED) is 0.826. The number of aromatic nitrogens is 4. The van der Waals surface area contributed by atoms with Crippen LogP contribution in [0, 0.1) is 0 Å². The first-order valence-corrected chi connectivity index (χ1v) is 7.70. The molecule has 1 fully saturated rings. The van der Waals surface area contributed by atoms with E-state index >= 15 is 0 Å². The molecular weight excluding hydrogens is 294 g/mol. The van der Waals surface area contributed by atoms with Crippen molar-refractivity contribution >= 4 is 11.8 Å². The molecule has 8 heteroatoms. The monoisotopic (exact) mass is 315 g/mol. The molecule has 3 rings (SSSR count). The van der Waals surface area contributed by atoms with Crippen molar-refractivity contribution in [1.29, 1.82) is 0 Å². The summed E-state index contributed by atoms with van der Waals surface area (Å²) < 4.78 is 5.18. The number of nitrogens with zero attached hydrogens (tertiary/aromatic N) is 6. The van der Waals surface area contributed by atoms with E-state index in [9.17, 15) is 0 Å². The van der Waals surface area contributed by atoms with Gasteiger partial charge in [0.15, 0.2) is 5.82 Å². The Morgan fingerprint density at radius 3 is 2.48 bits per heavy atom. The van der Waals surface area contributed by atoms with Gasteiger partial charge in [0.05, 0.1) is 7.11 Å². The Balaban J connectivity index is 1.43. The summed E-state index contributed by atoms with van der Waals surface area (Å²) in [4.78, 5) is 21.6. The van der Waals surface area contributed by atoms with E-state index in [0.717, 1.165) is 45.2 Å². The Kier molecular flexibility index (Phi) is 5.15. The lowest BCUT2D eigenvalue weighted by Crippen LogP contribution is -2.48. The van der Waals surface area contributed by atoms with Crippen LogP contribution in [0.2, 0.25) is 0 Å². The topological polar surface area (TPSA) is 79.3 Å². The number of piperazine rings is 1. The van der Waals surface area contributed by atoms with Crippen molar-refractivity contribution in [3.63, 3.8) is 0 Å². The van der Waals surface area contributed by atoms with Crippen molar-refractivity contribution in [3.05, 3.63) is 30.9 Å². The van der Waals surface area contributed by atoms with Gasteiger partial charge in [-0.25, -0.2) is 19.9 Å². The van der Waals surface area contributed by atoms with Gasteiger partial charge in [0.2, 0.25) is 5.95 Å². The first-order chi connectivity index (χ1) is 11.4. The molecule has 122 valence electrons. The highest BCUT2D eigenvalue weighted by Crippen LogP contribution is 2.16. The second kappa shape index (κ2) is 7.68. The molecule has 0 atom stereocenters. The highest BCUT2D eigenvalue weighted by molar-refractivity contribution is 5.44. The summed E-state index contributed by atoms with van der Waals surface area (Å²) in [5, 5.41) is 3.28. The van der Waals surface area contributed by atoms with Gasteiger partial charge in [0.25, 0.3) is 5.88 Å². The first kappa shape index (κ1) is 15.4. The van der Waals surface area contributed by atoms with E-state index in [0.29, 0.717) is 11.7 Å². The molecule has 0 saturated carbocycles. The van der Waals surface area contributed by atoms with Gasteiger partial charge in [-0.3, -0.25) is 4.90 Å². The van der Waals surface area contributed by atoms with Crippen molar-refractivity contribution in [3.8, 4) is 5.88 Å². The van der Waals surface area contributed by atoms with Gasteiger partial charge in [0.1, 0.15) is 0 Å². The molecule has 23 heavy (non-hydrogen) atoms. The summed E-state index contributed by atoms with van der Waals surface area (Å²) >= 11 is 0. The van der Waals surface area contributed by atoms with Crippen molar-refractivity contribution in [2.24, 2.45) is 0 Å². The van der Waals surface area contributed by atoms with Crippen LogP contribution in [0.25, 0.3) is 0 Å². The molecule has 2 aromatic heterocycles. The number of hydrogen-bond acceptors (Lipinski definition) is 8. The van der Waals surface area contributed by atoms with Crippen LogP contribution in [0.5, 0.6) is 5.88 Å². The zero-order valence-corrected chi connectivity index (χ0v) is 13.2. The van der Waals surface area contributed by atoms with E-state index in [1.165, 1.54) is 0 Å². The van der Waals surface area contributed by atoms with Gasteiger partial charge in [-0.05, 0) is 6.07 Å². The molecule has 3 heterocycles. The average Bonchev–Trinajstić information content (AvgIpc) is 2.63.